The van der Waals surface area contributed by atoms with Gasteiger partial charge in [-0.25, -0.2) is 0 Å². The van der Waals surface area contributed by atoms with Gasteiger partial charge in [0.05, 0.1) is 11.3 Å². The van der Waals surface area contributed by atoms with Crippen LogP contribution >= 0.6 is 0 Å². The highest BCUT2D eigenvalue weighted by molar-refractivity contribution is 5.78. The van der Waals surface area contributed by atoms with E-state index in [4.69, 9.17) is 4.52 Å². The molecule has 0 unspecified atom stereocenters. The van der Waals surface area contributed by atoms with Gasteiger partial charge < -0.3 is 4.52 Å². The Bertz CT molecular complexity index is 527. The molecule has 0 saturated carbocycles. The summed E-state index contributed by atoms with van der Waals surface area (Å²) in [7, 11) is 0. The molecule has 0 aliphatic carbocycles. The largest absolute Gasteiger partial charge is 0.337 e. The van der Waals surface area contributed by atoms with E-state index < -0.39 is 0 Å². The number of hydrogen-bond acceptors (Lipinski definition) is 5. The second-order valence-corrected chi connectivity index (χ2v) is 3.60. The van der Waals surface area contributed by atoms with Crippen molar-refractivity contribution in [3.8, 4) is 0 Å². The average molecular weight is 220 g/mol. The molecule has 0 amide bonds. The second kappa shape index (κ2) is 3.88. The number of aryl methyl sites for hydroxylation is 2. The van der Waals surface area contributed by atoms with E-state index in [1.807, 2.05) is 6.92 Å². The highest BCUT2D eigenvalue weighted by atomic mass is 16.5. The van der Waals surface area contributed by atoms with E-state index in [0.29, 0.717) is 29.5 Å². The first kappa shape index (κ1) is 10.5. The molecule has 0 aliphatic heterocycles. The van der Waals surface area contributed by atoms with E-state index in [0.717, 1.165) is 12.0 Å². The summed E-state index contributed by atoms with van der Waals surface area (Å²) in [6.07, 6.45) is 0.813. The summed E-state index contributed by atoms with van der Waals surface area (Å²) in [5.41, 5.74) is 2.14. The SMILES string of the molecule is Cc1noc(Cn2nc(C)c(C=O)c2C)n1. The number of aromatic nitrogens is 4. The maximum absolute atomic E-state index is 10.8. The Morgan fingerprint density at radius 1 is 1.38 bits per heavy atom. The van der Waals surface area contributed by atoms with Crippen LogP contribution in [0, 0.1) is 20.8 Å². The standard InChI is InChI=1S/C10H12N4O2/c1-6-9(5-15)7(2)14(12-6)4-10-11-8(3)13-16-10/h5H,4H2,1-3H3. The van der Waals surface area contributed by atoms with Gasteiger partial charge in [0.2, 0.25) is 5.89 Å². The van der Waals surface area contributed by atoms with E-state index in [1.165, 1.54) is 0 Å². The summed E-state index contributed by atoms with van der Waals surface area (Å²) >= 11 is 0. The van der Waals surface area contributed by atoms with Gasteiger partial charge in [-0.2, -0.15) is 10.1 Å². The van der Waals surface area contributed by atoms with Crippen molar-refractivity contribution in [3.05, 3.63) is 28.7 Å². The van der Waals surface area contributed by atoms with Gasteiger partial charge in [0, 0.05) is 5.69 Å². The van der Waals surface area contributed by atoms with Crippen molar-refractivity contribution in [2.75, 3.05) is 0 Å². The first-order valence-corrected chi connectivity index (χ1v) is 4.90. The van der Waals surface area contributed by atoms with Crippen LogP contribution in [0.3, 0.4) is 0 Å². The van der Waals surface area contributed by atoms with E-state index in [-0.39, 0.29) is 0 Å². The van der Waals surface area contributed by atoms with Crippen molar-refractivity contribution in [1.29, 1.82) is 0 Å². The van der Waals surface area contributed by atoms with Crippen LogP contribution in [-0.4, -0.2) is 26.2 Å². The molecule has 0 radical (unpaired) electrons. The molecule has 2 rings (SSSR count). The predicted molar refractivity (Wildman–Crippen MR) is 55.2 cm³/mol. The van der Waals surface area contributed by atoms with Crippen molar-refractivity contribution < 1.29 is 9.32 Å². The van der Waals surface area contributed by atoms with Crippen LogP contribution in [0.15, 0.2) is 4.52 Å². The molecular weight excluding hydrogens is 208 g/mol. The number of carbonyl (C=O) groups excluding carboxylic acids is 1. The van der Waals surface area contributed by atoms with Crippen LogP contribution in [0.5, 0.6) is 0 Å². The Morgan fingerprint density at radius 2 is 2.12 bits per heavy atom. The summed E-state index contributed by atoms with van der Waals surface area (Å²) in [4.78, 5) is 14.9. The fourth-order valence-electron chi connectivity index (χ4n) is 1.57. The quantitative estimate of drug-likeness (QED) is 0.723. The van der Waals surface area contributed by atoms with Gasteiger partial charge in [-0.1, -0.05) is 5.16 Å². The smallest absolute Gasteiger partial charge is 0.248 e. The van der Waals surface area contributed by atoms with Crippen LogP contribution in [0.1, 0.15) is 33.5 Å². The number of carbonyl (C=O) groups is 1. The normalized spacial score (nSPS) is 10.7. The van der Waals surface area contributed by atoms with Crippen molar-refractivity contribution in [3.63, 3.8) is 0 Å². The molecule has 0 bridgehead atoms. The van der Waals surface area contributed by atoms with Gasteiger partial charge in [-0.15, -0.1) is 0 Å². The van der Waals surface area contributed by atoms with Crippen LogP contribution in [0.2, 0.25) is 0 Å². The highest BCUT2D eigenvalue weighted by Gasteiger charge is 2.12. The molecule has 2 aromatic heterocycles. The second-order valence-electron chi connectivity index (χ2n) is 3.60. The molecule has 6 nitrogen and oxygen atoms in total. The summed E-state index contributed by atoms with van der Waals surface area (Å²) in [6, 6.07) is 0. The maximum Gasteiger partial charge on any atom is 0.248 e. The first-order chi connectivity index (χ1) is 7.61. The van der Waals surface area contributed by atoms with Crippen molar-refractivity contribution in [2.24, 2.45) is 0 Å². The van der Waals surface area contributed by atoms with Gasteiger partial charge in [0.15, 0.2) is 12.1 Å². The maximum atomic E-state index is 10.8. The Hall–Kier alpha value is -1.98. The lowest BCUT2D eigenvalue weighted by molar-refractivity contribution is 0.112. The predicted octanol–water partition coefficient (Wildman–Crippen LogP) is 1.05. The number of nitrogens with zero attached hydrogens (tertiary/aromatic N) is 4. The van der Waals surface area contributed by atoms with Gasteiger partial charge in [0.1, 0.15) is 6.54 Å². The monoisotopic (exact) mass is 220 g/mol. The minimum atomic E-state index is 0.390. The van der Waals surface area contributed by atoms with Gasteiger partial charge >= 0.3 is 0 Å². The molecule has 16 heavy (non-hydrogen) atoms. The molecule has 0 aliphatic rings. The van der Waals surface area contributed by atoms with Crippen LogP contribution in [0.25, 0.3) is 0 Å². The van der Waals surface area contributed by atoms with Gasteiger partial charge in [0.25, 0.3) is 0 Å². The third-order valence-corrected chi connectivity index (χ3v) is 2.41. The Morgan fingerprint density at radius 3 is 2.62 bits per heavy atom. The highest BCUT2D eigenvalue weighted by Crippen LogP contribution is 2.11. The van der Waals surface area contributed by atoms with E-state index in [2.05, 4.69) is 15.2 Å². The molecule has 2 aromatic rings. The summed E-state index contributed by atoms with van der Waals surface area (Å²) in [5, 5.41) is 7.94. The summed E-state index contributed by atoms with van der Waals surface area (Å²) < 4.78 is 6.68. The number of hydrogen-bond donors (Lipinski definition) is 0. The van der Waals surface area contributed by atoms with E-state index >= 15 is 0 Å². The lowest BCUT2D eigenvalue weighted by Gasteiger charge is -1.99. The zero-order chi connectivity index (χ0) is 11.7. The summed E-state index contributed by atoms with van der Waals surface area (Å²) in [5.74, 6) is 1.08. The number of rotatable bonds is 3. The molecule has 0 aromatic carbocycles. The van der Waals surface area contributed by atoms with Crippen molar-refractivity contribution in [2.45, 2.75) is 27.3 Å². The molecule has 0 spiro atoms. The van der Waals surface area contributed by atoms with Crippen LogP contribution < -0.4 is 0 Å². The van der Waals surface area contributed by atoms with E-state index in [9.17, 15) is 4.79 Å². The molecule has 0 N–H and O–H groups in total. The third kappa shape index (κ3) is 1.73. The third-order valence-electron chi connectivity index (χ3n) is 2.41. The number of aldehydes is 1. The van der Waals surface area contributed by atoms with Gasteiger partial charge in [-0.3, -0.25) is 9.48 Å². The molecule has 0 fully saturated rings. The lowest BCUT2D eigenvalue weighted by Crippen LogP contribution is -2.04. The molecule has 0 atom stereocenters. The molecule has 84 valence electrons. The minimum Gasteiger partial charge on any atom is -0.337 e. The van der Waals surface area contributed by atoms with Crippen molar-refractivity contribution >= 4 is 6.29 Å². The average Bonchev–Trinajstić information content (AvgIpc) is 2.74. The fourth-order valence-corrected chi connectivity index (χ4v) is 1.57. The van der Waals surface area contributed by atoms with Gasteiger partial charge in [-0.05, 0) is 20.8 Å². The topological polar surface area (TPSA) is 73.8 Å². The molecule has 6 heteroatoms. The zero-order valence-electron chi connectivity index (χ0n) is 9.39. The lowest BCUT2D eigenvalue weighted by atomic mass is 10.2. The van der Waals surface area contributed by atoms with Crippen LogP contribution in [-0.2, 0) is 6.54 Å². The Labute approximate surface area is 92.3 Å². The minimum absolute atomic E-state index is 0.390. The fraction of sp³-hybridized carbons (Fsp3) is 0.400. The molecule has 2 heterocycles. The molecular formula is C10H12N4O2. The van der Waals surface area contributed by atoms with E-state index in [1.54, 1.807) is 18.5 Å². The Kier molecular flexibility index (Phi) is 2.55. The first-order valence-electron chi connectivity index (χ1n) is 4.90. The van der Waals surface area contributed by atoms with Crippen molar-refractivity contribution in [1.82, 2.24) is 19.9 Å². The van der Waals surface area contributed by atoms with Crippen LogP contribution in [0.4, 0.5) is 0 Å². The summed E-state index contributed by atoms with van der Waals surface area (Å²) in [6.45, 7) is 5.78. The zero-order valence-corrected chi connectivity index (χ0v) is 9.39. The molecule has 0 saturated heterocycles. The Balaban J connectivity index is 2.31.